The summed E-state index contributed by atoms with van der Waals surface area (Å²) >= 11 is 1.59. The van der Waals surface area contributed by atoms with Crippen LogP contribution in [0.25, 0.3) is 0 Å². The first kappa shape index (κ1) is 16.0. The summed E-state index contributed by atoms with van der Waals surface area (Å²) in [4.78, 5) is 20.2. The van der Waals surface area contributed by atoms with Gasteiger partial charge in [0.15, 0.2) is 5.13 Å². The molecule has 2 aromatic rings. The maximum atomic E-state index is 12.0. The lowest BCUT2D eigenvalue weighted by Crippen LogP contribution is -2.29. The van der Waals surface area contributed by atoms with Crippen LogP contribution in [-0.2, 0) is 17.8 Å². The van der Waals surface area contributed by atoms with E-state index in [1.165, 1.54) is 4.88 Å². The lowest BCUT2D eigenvalue weighted by molar-refractivity contribution is -0.116. The number of carbonyl (C=O) groups excluding carboxylic acids is 1. The van der Waals surface area contributed by atoms with E-state index in [9.17, 15) is 4.79 Å². The van der Waals surface area contributed by atoms with Crippen molar-refractivity contribution >= 4 is 22.4 Å². The van der Waals surface area contributed by atoms with Gasteiger partial charge >= 0.3 is 0 Å². The number of ether oxygens (including phenoxy) is 1. The van der Waals surface area contributed by atoms with E-state index >= 15 is 0 Å². The smallest absolute Gasteiger partial charge is 0.229 e. The number of nitrogens with zero attached hydrogens (tertiary/aromatic N) is 2. The first-order chi connectivity index (χ1) is 11.2. The Hall–Kier alpha value is -1.92. The quantitative estimate of drug-likeness (QED) is 0.884. The van der Waals surface area contributed by atoms with Gasteiger partial charge in [0.2, 0.25) is 5.91 Å². The summed E-state index contributed by atoms with van der Waals surface area (Å²) < 4.78 is 5.54. The molecule has 1 aromatic carbocycles. The number of anilines is 1. The van der Waals surface area contributed by atoms with E-state index in [0.29, 0.717) is 18.2 Å². The minimum Gasteiger partial charge on any atom is -0.493 e. The van der Waals surface area contributed by atoms with Gasteiger partial charge in [0.1, 0.15) is 5.75 Å². The number of rotatable bonds is 6. The molecule has 122 valence electrons. The zero-order valence-electron chi connectivity index (χ0n) is 13.2. The van der Waals surface area contributed by atoms with Crippen molar-refractivity contribution in [1.29, 1.82) is 0 Å². The molecule has 0 fully saturated rings. The van der Waals surface area contributed by atoms with E-state index in [1.807, 2.05) is 30.3 Å². The van der Waals surface area contributed by atoms with E-state index < -0.39 is 0 Å². The summed E-state index contributed by atoms with van der Waals surface area (Å²) in [6.07, 6.45) is 1.28. The van der Waals surface area contributed by atoms with Gasteiger partial charge in [-0.25, -0.2) is 4.98 Å². The molecule has 0 aliphatic carbocycles. The molecular formula is C17H21N3O2S. The number of thiazole rings is 1. The fraction of sp³-hybridized carbons (Fsp3) is 0.412. The Balaban J connectivity index is 1.48. The van der Waals surface area contributed by atoms with Crippen LogP contribution in [0.15, 0.2) is 30.3 Å². The fourth-order valence-electron chi connectivity index (χ4n) is 2.53. The maximum absolute atomic E-state index is 12.0. The number of benzene rings is 1. The Kier molecular flexibility index (Phi) is 5.25. The summed E-state index contributed by atoms with van der Waals surface area (Å²) in [5, 5.41) is 3.59. The Morgan fingerprint density at radius 1 is 1.39 bits per heavy atom. The van der Waals surface area contributed by atoms with Crippen LogP contribution in [0.3, 0.4) is 0 Å². The molecule has 0 atom stereocenters. The van der Waals surface area contributed by atoms with Gasteiger partial charge in [0.05, 0.1) is 18.7 Å². The van der Waals surface area contributed by atoms with Crippen LogP contribution in [0.4, 0.5) is 5.13 Å². The summed E-state index contributed by atoms with van der Waals surface area (Å²) in [5.74, 6) is 0.726. The summed E-state index contributed by atoms with van der Waals surface area (Å²) in [7, 11) is 0. The van der Waals surface area contributed by atoms with E-state index in [1.54, 1.807) is 11.3 Å². The van der Waals surface area contributed by atoms with Gasteiger partial charge in [-0.2, -0.15) is 0 Å². The number of aromatic nitrogens is 1. The number of carbonyl (C=O) groups is 1. The molecule has 0 saturated carbocycles. The van der Waals surface area contributed by atoms with Crippen molar-refractivity contribution in [2.75, 3.05) is 25.0 Å². The van der Waals surface area contributed by atoms with Crippen molar-refractivity contribution in [3.63, 3.8) is 0 Å². The average Bonchev–Trinajstić information content (AvgIpc) is 2.96. The molecule has 1 amide bonds. The Bertz CT molecular complexity index is 657. The van der Waals surface area contributed by atoms with Crippen LogP contribution in [0.5, 0.6) is 5.75 Å². The number of para-hydroxylation sites is 1. The standard InChI is InChI=1S/C17H21N3O2S/c1-2-20-10-8-14-15(12-20)23-17(18-14)19-16(21)9-11-22-13-6-4-3-5-7-13/h3-7H,2,8-12H2,1H3,(H,18,19,21). The first-order valence-electron chi connectivity index (χ1n) is 7.93. The van der Waals surface area contributed by atoms with Gasteiger partial charge in [-0.1, -0.05) is 25.1 Å². The molecule has 0 unspecified atom stereocenters. The lowest BCUT2D eigenvalue weighted by atomic mass is 10.2. The molecule has 3 rings (SSSR count). The van der Waals surface area contributed by atoms with Crippen LogP contribution in [0.2, 0.25) is 0 Å². The summed E-state index contributed by atoms with van der Waals surface area (Å²) in [6.45, 7) is 5.57. The van der Waals surface area contributed by atoms with Gasteiger partial charge in [-0.15, -0.1) is 11.3 Å². The van der Waals surface area contributed by atoms with E-state index in [4.69, 9.17) is 4.74 Å². The third-order valence-electron chi connectivity index (χ3n) is 3.84. The highest BCUT2D eigenvalue weighted by Crippen LogP contribution is 2.28. The Labute approximate surface area is 140 Å². The molecule has 5 nitrogen and oxygen atoms in total. The van der Waals surface area contributed by atoms with Crippen LogP contribution < -0.4 is 10.1 Å². The second-order valence-electron chi connectivity index (χ2n) is 5.47. The number of hydrogen-bond acceptors (Lipinski definition) is 5. The molecule has 0 bridgehead atoms. The maximum Gasteiger partial charge on any atom is 0.229 e. The number of amides is 1. The number of hydrogen-bond donors (Lipinski definition) is 1. The molecule has 0 saturated heterocycles. The van der Waals surface area contributed by atoms with Crippen LogP contribution in [-0.4, -0.2) is 35.5 Å². The number of nitrogens with one attached hydrogen (secondary N) is 1. The zero-order valence-corrected chi connectivity index (χ0v) is 14.1. The largest absolute Gasteiger partial charge is 0.493 e. The van der Waals surface area contributed by atoms with Gasteiger partial charge in [-0.3, -0.25) is 9.69 Å². The number of likely N-dealkylation sites (N-methyl/N-ethyl adjacent to an activating group) is 1. The molecule has 1 aromatic heterocycles. The molecule has 1 aliphatic heterocycles. The Morgan fingerprint density at radius 3 is 3.00 bits per heavy atom. The SMILES string of the molecule is CCN1CCc2nc(NC(=O)CCOc3ccccc3)sc2C1. The predicted molar refractivity (Wildman–Crippen MR) is 92.0 cm³/mol. The predicted octanol–water partition coefficient (Wildman–Crippen LogP) is 2.93. The minimum atomic E-state index is -0.0561. The van der Waals surface area contributed by atoms with Crippen molar-refractivity contribution in [2.45, 2.75) is 26.3 Å². The molecule has 0 radical (unpaired) electrons. The highest BCUT2D eigenvalue weighted by Gasteiger charge is 2.20. The van der Waals surface area contributed by atoms with E-state index in [2.05, 4.69) is 22.1 Å². The molecule has 1 aliphatic rings. The van der Waals surface area contributed by atoms with Crippen LogP contribution in [0.1, 0.15) is 23.9 Å². The summed E-state index contributed by atoms with van der Waals surface area (Å²) in [5.41, 5.74) is 1.13. The molecule has 6 heteroatoms. The van der Waals surface area contributed by atoms with Gasteiger partial charge in [0, 0.05) is 24.4 Å². The van der Waals surface area contributed by atoms with E-state index in [0.717, 1.165) is 37.5 Å². The van der Waals surface area contributed by atoms with Crippen molar-refractivity contribution in [1.82, 2.24) is 9.88 Å². The minimum absolute atomic E-state index is 0.0561. The van der Waals surface area contributed by atoms with E-state index in [-0.39, 0.29) is 5.91 Å². The van der Waals surface area contributed by atoms with Crippen molar-refractivity contribution < 1.29 is 9.53 Å². The van der Waals surface area contributed by atoms with Gasteiger partial charge in [-0.05, 0) is 18.7 Å². The molecule has 0 spiro atoms. The van der Waals surface area contributed by atoms with Crippen molar-refractivity contribution in [3.8, 4) is 5.75 Å². The number of fused-ring (bicyclic) bond motifs is 1. The second-order valence-corrected chi connectivity index (χ2v) is 6.55. The highest BCUT2D eigenvalue weighted by atomic mass is 32.1. The third kappa shape index (κ3) is 4.30. The van der Waals surface area contributed by atoms with Gasteiger partial charge in [0.25, 0.3) is 0 Å². The normalized spacial score (nSPS) is 14.3. The van der Waals surface area contributed by atoms with Crippen molar-refractivity contribution in [3.05, 3.63) is 40.9 Å². The molecule has 2 heterocycles. The fourth-order valence-corrected chi connectivity index (χ4v) is 3.60. The lowest BCUT2D eigenvalue weighted by Gasteiger charge is -2.23. The monoisotopic (exact) mass is 331 g/mol. The van der Waals surface area contributed by atoms with Gasteiger partial charge < -0.3 is 10.1 Å². The zero-order chi connectivity index (χ0) is 16.1. The highest BCUT2D eigenvalue weighted by molar-refractivity contribution is 7.15. The third-order valence-corrected chi connectivity index (χ3v) is 4.84. The van der Waals surface area contributed by atoms with Crippen LogP contribution in [0, 0.1) is 0 Å². The second kappa shape index (κ2) is 7.57. The van der Waals surface area contributed by atoms with Crippen LogP contribution >= 0.6 is 11.3 Å². The topological polar surface area (TPSA) is 54.5 Å². The average molecular weight is 331 g/mol. The molecule has 23 heavy (non-hydrogen) atoms. The molecular weight excluding hydrogens is 310 g/mol. The Morgan fingerprint density at radius 2 is 2.22 bits per heavy atom. The summed E-state index contributed by atoms with van der Waals surface area (Å²) in [6, 6.07) is 9.52. The van der Waals surface area contributed by atoms with Crippen molar-refractivity contribution in [2.24, 2.45) is 0 Å². The first-order valence-corrected chi connectivity index (χ1v) is 8.75. The molecule has 1 N–H and O–H groups in total.